The highest BCUT2D eigenvalue weighted by Gasteiger charge is 2.22. The van der Waals surface area contributed by atoms with Gasteiger partial charge < -0.3 is 20.2 Å². The van der Waals surface area contributed by atoms with Crippen molar-refractivity contribution in [2.75, 3.05) is 16.7 Å². The molecule has 0 bridgehead atoms. The molecule has 3 aromatic heterocycles. The fourth-order valence-electron chi connectivity index (χ4n) is 4.07. The molecule has 5 aromatic rings. The number of nitrogens with two attached hydrogens (primary N) is 1. The molecule has 41 heavy (non-hydrogen) atoms. The number of carbonyl (C=O) groups is 1. The number of alkyl halides is 2. The SMILES string of the molecule is Cc1cc(Oc2ccccc2F)ncc1-n1ncc(C(=O)c2cc3cc(OC(F)F)c(NS(C)(=O)=O)cc3[nH]2)c1N. The van der Waals surface area contributed by atoms with Crippen molar-refractivity contribution in [2.45, 2.75) is 13.5 Å². The molecule has 212 valence electrons. The van der Waals surface area contributed by atoms with E-state index in [1.165, 1.54) is 53.5 Å². The van der Waals surface area contributed by atoms with Gasteiger partial charge >= 0.3 is 6.61 Å². The lowest BCUT2D eigenvalue weighted by Crippen LogP contribution is -2.12. The number of carbonyl (C=O) groups excluding carboxylic acids is 1. The van der Waals surface area contributed by atoms with Gasteiger partial charge in [-0.05, 0) is 42.8 Å². The molecule has 0 spiro atoms. The number of aromatic nitrogens is 4. The topological polar surface area (TPSA) is 154 Å². The molecule has 0 amide bonds. The van der Waals surface area contributed by atoms with Gasteiger partial charge in [0.15, 0.2) is 17.3 Å². The van der Waals surface area contributed by atoms with Gasteiger partial charge in [-0.3, -0.25) is 9.52 Å². The Bertz CT molecular complexity index is 1910. The summed E-state index contributed by atoms with van der Waals surface area (Å²) in [6.07, 6.45) is 3.52. The smallest absolute Gasteiger partial charge is 0.387 e. The molecule has 0 aliphatic carbocycles. The first-order chi connectivity index (χ1) is 19.4. The molecule has 2 aromatic carbocycles. The van der Waals surface area contributed by atoms with Crippen LogP contribution in [0.25, 0.3) is 16.6 Å². The monoisotopic (exact) mass is 586 g/mol. The number of H-pyrrole nitrogens is 1. The van der Waals surface area contributed by atoms with E-state index in [0.29, 0.717) is 16.6 Å². The van der Waals surface area contributed by atoms with Crippen molar-refractivity contribution >= 4 is 38.2 Å². The molecule has 0 unspecified atom stereocenters. The van der Waals surface area contributed by atoms with E-state index in [-0.39, 0.29) is 39.9 Å². The third-order valence-corrected chi connectivity index (χ3v) is 6.46. The van der Waals surface area contributed by atoms with Crippen LogP contribution in [0, 0.1) is 12.7 Å². The molecule has 0 saturated heterocycles. The van der Waals surface area contributed by atoms with Crippen molar-refractivity contribution < 1.29 is 35.9 Å². The van der Waals surface area contributed by atoms with Gasteiger partial charge in [0, 0.05) is 17.0 Å². The third kappa shape index (κ3) is 5.79. The van der Waals surface area contributed by atoms with Crippen molar-refractivity contribution in [1.82, 2.24) is 19.7 Å². The van der Waals surface area contributed by atoms with Crippen LogP contribution < -0.4 is 19.9 Å². The summed E-state index contributed by atoms with van der Waals surface area (Å²) in [6, 6.07) is 11.2. The fourth-order valence-corrected chi connectivity index (χ4v) is 4.62. The zero-order chi connectivity index (χ0) is 29.5. The highest BCUT2D eigenvalue weighted by Crippen LogP contribution is 2.34. The summed E-state index contributed by atoms with van der Waals surface area (Å²) in [5.74, 6) is -1.41. The Kier molecular flexibility index (Phi) is 7.04. The summed E-state index contributed by atoms with van der Waals surface area (Å²) in [5.41, 5.74) is 7.42. The molecule has 15 heteroatoms. The number of aromatic amines is 1. The molecule has 0 fully saturated rings. The van der Waals surface area contributed by atoms with Gasteiger partial charge in [-0.2, -0.15) is 13.9 Å². The Labute approximate surface area is 230 Å². The number of halogens is 3. The van der Waals surface area contributed by atoms with Crippen LogP contribution in [0.15, 0.2) is 60.9 Å². The van der Waals surface area contributed by atoms with Crippen LogP contribution >= 0.6 is 0 Å². The normalized spacial score (nSPS) is 11.7. The van der Waals surface area contributed by atoms with Gasteiger partial charge in [-0.1, -0.05) is 12.1 Å². The van der Waals surface area contributed by atoms with E-state index in [1.807, 2.05) is 0 Å². The molecule has 0 radical (unpaired) electrons. The summed E-state index contributed by atoms with van der Waals surface area (Å²) < 4.78 is 76.6. The van der Waals surface area contributed by atoms with E-state index < -0.39 is 34.0 Å². The summed E-state index contributed by atoms with van der Waals surface area (Å²) in [7, 11) is -3.82. The molecule has 0 aliphatic rings. The predicted molar refractivity (Wildman–Crippen MR) is 144 cm³/mol. The molecular weight excluding hydrogens is 565 g/mol. The minimum atomic E-state index is -3.82. The number of nitrogen functional groups attached to an aromatic ring is 1. The number of aryl methyl sites for hydroxylation is 1. The van der Waals surface area contributed by atoms with Crippen LogP contribution in [0.1, 0.15) is 21.6 Å². The average molecular weight is 587 g/mol. The van der Waals surface area contributed by atoms with Crippen molar-refractivity contribution in [2.24, 2.45) is 0 Å². The Morgan fingerprint density at radius 2 is 1.88 bits per heavy atom. The number of benzene rings is 2. The van der Waals surface area contributed by atoms with E-state index >= 15 is 0 Å². The Hall–Kier alpha value is -5.05. The second-order valence-corrected chi connectivity index (χ2v) is 10.6. The van der Waals surface area contributed by atoms with E-state index in [0.717, 1.165) is 6.26 Å². The van der Waals surface area contributed by atoms with Gasteiger partial charge in [0.2, 0.25) is 21.7 Å². The van der Waals surface area contributed by atoms with Gasteiger partial charge in [0.1, 0.15) is 5.82 Å². The van der Waals surface area contributed by atoms with Crippen molar-refractivity contribution in [1.29, 1.82) is 0 Å². The number of pyridine rings is 1. The zero-order valence-electron chi connectivity index (χ0n) is 21.4. The van der Waals surface area contributed by atoms with Crippen LogP contribution in [0.3, 0.4) is 0 Å². The number of nitrogens with one attached hydrogen (secondary N) is 2. The van der Waals surface area contributed by atoms with E-state index in [4.69, 9.17) is 10.5 Å². The molecule has 3 heterocycles. The third-order valence-electron chi connectivity index (χ3n) is 5.87. The summed E-state index contributed by atoms with van der Waals surface area (Å²) in [5, 5.41) is 4.52. The van der Waals surface area contributed by atoms with Gasteiger partial charge in [0.05, 0.1) is 41.3 Å². The first-order valence-electron chi connectivity index (χ1n) is 11.8. The van der Waals surface area contributed by atoms with Crippen LogP contribution in [-0.2, 0) is 10.0 Å². The van der Waals surface area contributed by atoms with Crippen molar-refractivity contribution in [3.05, 3.63) is 83.6 Å². The van der Waals surface area contributed by atoms with Crippen LogP contribution in [0.2, 0.25) is 0 Å². The number of fused-ring (bicyclic) bond motifs is 1. The van der Waals surface area contributed by atoms with E-state index in [2.05, 4.69) is 24.5 Å². The second-order valence-electron chi connectivity index (χ2n) is 8.90. The Balaban J connectivity index is 1.44. The lowest BCUT2D eigenvalue weighted by atomic mass is 10.1. The van der Waals surface area contributed by atoms with E-state index in [9.17, 15) is 26.4 Å². The zero-order valence-corrected chi connectivity index (χ0v) is 22.2. The summed E-state index contributed by atoms with van der Waals surface area (Å²) in [6.45, 7) is -1.48. The van der Waals surface area contributed by atoms with Gasteiger partial charge in [-0.25, -0.2) is 22.5 Å². The first-order valence-corrected chi connectivity index (χ1v) is 13.7. The van der Waals surface area contributed by atoms with Crippen LogP contribution in [0.4, 0.5) is 24.7 Å². The fraction of sp³-hybridized carbons (Fsp3) is 0.115. The number of hydrogen-bond acceptors (Lipinski definition) is 8. The molecule has 5 rings (SSSR count). The number of hydrogen-bond donors (Lipinski definition) is 3. The maximum Gasteiger partial charge on any atom is 0.387 e. The van der Waals surface area contributed by atoms with Crippen LogP contribution in [-0.4, -0.2) is 46.8 Å². The molecule has 11 nitrogen and oxygen atoms in total. The number of nitrogens with zero attached hydrogens (tertiary/aromatic N) is 3. The highest BCUT2D eigenvalue weighted by atomic mass is 32.2. The molecular formula is C26H21F3N6O5S. The maximum absolute atomic E-state index is 13.9. The highest BCUT2D eigenvalue weighted by molar-refractivity contribution is 7.92. The number of para-hydroxylation sites is 1. The number of ether oxygens (including phenoxy) is 2. The number of ketones is 1. The largest absolute Gasteiger partial charge is 0.436 e. The first kappa shape index (κ1) is 27.5. The maximum atomic E-state index is 13.9. The summed E-state index contributed by atoms with van der Waals surface area (Å²) >= 11 is 0. The van der Waals surface area contributed by atoms with Crippen LogP contribution in [0.5, 0.6) is 17.4 Å². The molecule has 0 saturated carbocycles. The lowest BCUT2D eigenvalue weighted by molar-refractivity contribution is -0.0492. The Morgan fingerprint density at radius 1 is 1.12 bits per heavy atom. The van der Waals surface area contributed by atoms with Crippen molar-refractivity contribution in [3.63, 3.8) is 0 Å². The standard InChI is InChI=1S/C26H21F3N6O5S/c1-13-7-23(39-21-6-4-3-5-16(21)27)31-12-20(13)35-25(30)15(11-32-35)24(36)19-8-14-9-22(40-26(28)29)18(10-17(14)33-19)34-41(2,37)38/h3-12,26,33-34H,30H2,1-2H3. The van der Waals surface area contributed by atoms with E-state index in [1.54, 1.807) is 19.1 Å². The molecule has 0 aliphatic heterocycles. The summed E-state index contributed by atoms with van der Waals surface area (Å²) in [4.78, 5) is 20.4. The quantitative estimate of drug-likeness (QED) is 0.209. The number of anilines is 2. The number of sulfonamides is 1. The molecule has 0 atom stereocenters. The van der Waals surface area contributed by atoms with Gasteiger partial charge in [-0.15, -0.1) is 0 Å². The number of rotatable bonds is 9. The lowest BCUT2D eigenvalue weighted by Gasteiger charge is -2.11. The second kappa shape index (κ2) is 10.5. The van der Waals surface area contributed by atoms with Crippen molar-refractivity contribution in [3.8, 4) is 23.1 Å². The minimum Gasteiger partial charge on any atom is -0.436 e. The Morgan fingerprint density at radius 3 is 2.56 bits per heavy atom. The minimum absolute atomic E-state index is 0.00378. The molecule has 4 N–H and O–H groups in total. The average Bonchev–Trinajstić information content (AvgIpc) is 3.47. The van der Waals surface area contributed by atoms with Gasteiger partial charge in [0.25, 0.3) is 0 Å². The predicted octanol–water partition coefficient (Wildman–Crippen LogP) is 4.77.